The number of carboxylic acid groups (broad SMARTS) is 1. The molecule has 21 heavy (non-hydrogen) atoms. The zero-order valence-electron chi connectivity index (χ0n) is 13.1. The highest BCUT2D eigenvalue weighted by Crippen LogP contribution is 2.27. The van der Waals surface area contributed by atoms with E-state index in [-0.39, 0.29) is 5.41 Å². The fraction of sp³-hybridized carbons (Fsp3) is 0.667. The number of anilines is 1. The minimum atomic E-state index is -0.795. The van der Waals surface area contributed by atoms with Crippen LogP contribution in [0.2, 0.25) is 0 Å². The number of carboxylic acids is 1. The molecule has 0 amide bonds. The predicted octanol–water partition coefficient (Wildman–Crippen LogP) is 1.97. The summed E-state index contributed by atoms with van der Waals surface area (Å²) >= 11 is 0. The zero-order valence-corrected chi connectivity index (χ0v) is 13.1. The Morgan fingerprint density at radius 2 is 2.19 bits per heavy atom. The Bertz CT molecular complexity index is 525. The van der Waals surface area contributed by atoms with Crippen molar-refractivity contribution in [2.24, 2.45) is 0 Å². The van der Waals surface area contributed by atoms with E-state index >= 15 is 0 Å². The van der Waals surface area contributed by atoms with E-state index in [1.54, 1.807) is 7.11 Å². The van der Waals surface area contributed by atoms with Crippen LogP contribution in [0.3, 0.4) is 0 Å². The first-order valence-corrected chi connectivity index (χ1v) is 7.19. The number of nitrogens with zero attached hydrogens (tertiary/aromatic N) is 3. The Labute approximate surface area is 125 Å². The molecule has 2 rings (SSSR count). The highest BCUT2D eigenvalue weighted by Gasteiger charge is 2.32. The molecule has 1 aliphatic heterocycles. The van der Waals surface area contributed by atoms with E-state index in [1.165, 1.54) is 0 Å². The number of rotatable bonds is 4. The molecular formula is C15H23N3O3. The van der Waals surface area contributed by atoms with Crippen molar-refractivity contribution in [2.75, 3.05) is 18.6 Å². The molecule has 1 aromatic rings. The number of hydrogen-bond donors (Lipinski definition) is 1. The predicted molar refractivity (Wildman–Crippen MR) is 79.4 cm³/mol. The van der Waals surface area contributed by atoms with Crippen LogP contribution in [0.15, 0.2) is 6.07 Å². The Morgan fingerprint density at radius 3 is 2.76 bits per heavy atom. The van der Waals surface area contributed by atoms with E-state index in [0.29, 0.717) is 31.2 Å². The lowest BCUT2D eigenvalue weighted by Crippen LogP contribution is -2.37. The van der Waals surface area contributed by atoms with Gasteiger partial charge >= 0.3 is 5.97 Å². The average molecular weight is 293 g/mol. The summed E-state index contributed by atoms with van der Waals surface area (Å²) in [5, 5.41) is 9.34. The topological polar surface area (TPSA) is 75.5 Å². The summed E-state index contributed by atoms with van der Waals surface area (Å²) in [6, 6.07) is 1.34. The van der Waals surface area contributed by atoms with Gasteiger partial charge in [-0.1, -0.05) is 20.8 Å². The highest BCUT2D eigenvalue weighted by molar-refractivity contribution is 5.78. The molecule has 0 radical (unpaired) electrons. The summed E-state index contributed by atoms with van der Waals surface area (Å²) in [6.07, 6.45) is 1.52. The van der Waals surface area contributed by atoms with Gasteiger partial charge in [0.15, 0.2) is 0 Å². The van der Waals surface area contributed by atoms with Crippen molar-refractivity contribution in [3.63, 3.8) is 0 Å². The van der Waals surface area contributed by atoms with Crippen molar-refractivity contribution in [2.45, 2.75) is 51.7 Å². The number of aromatic nitrogens is 2. The summed E-state index contributed by atoms with van der Waals surface area (Å²) in [5.74, 6) is 0.603. The molecule has 1 fully saturated rings. The van der Waals surface area contributed by atoms with Gasteiger partial charge in [-0.2, -0.15) is 0 Å². The molecule has 0 bridgehead atoms. The maximum Gasteiger partial charge on any atom is 0.326 e. The molecule has 0 aliphatic carbocycles. The normalized spacial score (nSPS) is 19.0. The van der Waals surface area contributed by atoms with Crippen LogP contribution in [0, 0.1) is 0 Å². The van der Waals surface area contributed by atoms with Gasteiger partial charge in [-0.3, -0.25) is 0 Å². The van der Waals surface area contributed by atoms with Gasteiger partial charge in [0, 0.05) is 25.1 Å². The minimum absolute atomic E-state index is 0.197. The van der Waals surface area contributed by atoms with Crippen LogP contribution in [0.5, 0.6) is 0 Å². The molecule has 1 aliphatic rings. The van der Waals surface area contributed by atoms with Gasteiger partial charge in [0.25, 0.3) is 0 Å². The molecule has 1 saturated heterocycles. The Kier molecular flexibility index (Phi) is 4.46. The second-order valence-corrected chi connectivity index (χ2v) is 6.41. The van der Waals surface area contributed by atoms with Gasteiger partial charge < -0.3 is 14.7 Å². The third kappa shape index (κ3) is 3.50. The average Bonchev–Trinajstić information content (AvgIpc) is 2.87. The second-order valence-electron chi connectivity index (χ2n) is 6.41. The van der Waals surface area contributed by atoms with E-state index in [1.807, 2.05) is 31.7 Å². The van der Waals surface area contributed by atoms with E-state index in [9.17, 15) is 9.90 Å². The lowest BCUT2D eigenvalue weighted by Gasteiger charge is -2.25. The van der Waals surface area contributed by atoms with Crippen LogP contribution in [-0.2, 0) is 21.6 Å². The Morgan fingerprint density at radius 1 is 1.48 bits per heavy atom. The van der Waals surface area contributed by atoms with Gasteiger partial charge in [-0.25, -0.2) is 14.8 Å². The van der Waals surface area contributed by atoms with Crippen molar-refractivity contribution < 1.29 is 14.6 Å². The number of hydrogen-bond acceptors (Lipinski definition) is 5. The van der Waals surface area contributed by atoms with Gasteiger partial charge in [-0.05, 0) is 12.8 Å². The first-order chi connectivity index (χ1) is 9.82. The maximum absolute atomic E-state index is 11.4. The fourth-order valence-corrected chi connectivity index (χ4v) is 2.49. The minimum Gasteiger partial charge on any atom is -0.480 e. The molecule has 6 nitrogen and oxygen atoms in total. The Hall–Kier alpha value is -1.69. The molecule has 1 aromatic heterocycles. The summed E-state index contributed by atoms with van der Waals surface area (Å²) in [4.78, 5) is 22.4. The molecular weight excluding hydrogens is 270 g/mol. The largest absolute Gasteiger partial charge is 0.480 e. The monoisotopic (exact) mass is 293 g/mol. The molecule has 0 spiro atoms. The first-order valence-electron chi connectivity index (χ1n) is 7.19. The SMILES string of the molecule is COCc1cc(N2CCCC2C(=O)O)nc(C(C)(C)C)n1. The highest BCUT2D eigenvalue weighted by atomic mass is 16.5. The van der Waals surface area contributed by atoms with Crippen molar-refractivity contribution in [3.8, 4) is 0 Å². The standard InChI is InChI=1S/C15H23N3O3/c1-15(2,3)14-16-10(9-21-4)8-12(17-14)18-7-5-6-11(18)13(19)20/h8,11H,5-7,9H2,1-4H3,(H,19,20). The number of ether oxygens (including phenoxy) is 1. The quantitative estimate of drug-likeness (QED) is 0.914. The van der Waals surface area contributed by atoms with E-state index in [0.717, 1.165) is 12.1 Å². The van der Waals surface area contributed by atoms with Crippen molar-refractivity contribution >= 4 is 11.8 Å². The van der Waals surface area contributed by atoms with E-state index in [2.05, 4.69) is 9.97 Å². The van der Waals surface area contributed by atoms with Crippen molar-refractivity contribution in [1.82, 2.24) is 9.97 Å². The van der Waals surface area contributed by atoms with Gasteiger partial charge in [0.2, 0.25) is 0 Å². The first kappa shape index (κ1) is 15.7. The van der Waals surface area contributed by atoms with Crippen LogP contribution in [0.25, 0.3) is 0 Å². The molecule has 1 N–H and O–H groups in total. The van der Waals surface area contributed by atoms with Gasteiger partial charge in [-0.15, -0.1) is 0 Å². The van der Waals surface area contributed by atoms with Crippen LogP contribution < -0.4 is 4.90 Å². The van der Waals surface area contributed by atoms with Crippen LogP contribution in [0.4, 0.5) is 5.82 Å². The molecule has 1 atom stereocenters. The third-order valence-corrected chi connectivity index (χ3v) is 3.56. The molecule has 6 heteroatoms. The fourth-order valence-electron chi connectivity index (χ4n) is 2.49. The van der Waals surface area contributed by atoms with Gasteiger partial charge in [0.1, 0.15) is 17.7 Å². The zero-order chi connectivity index (χ0) is 15.6. The van der Waals surface area contributed by atoms with Crippen molar-refractivity contribution in [1.29, 1.82) is 0 Å². The van der Waals surface area contributed by atoms with Crippen molar-refractivity contribution in [3.05, 3.63) is 17.6 Å². The third-order valence-electron chi connectivity index (χ3n) is 3.56. The summed E-state index contributed by atoms with van der Waals surface area (Å²) in [6.45, 7) is 7.23. The van der Waals surface area contributed by atoms with Crippen LogP contribution in [-0.4, -0.2) is 40.7 Å². The summed E-state index contributed by atoms with van der Waals surface area (Å²) < 4.78 is 5.16. The number of methoxy groups -OCH3 is 1. The lowest BCUT2D eigenvalue weighted by atomic mass is 9.95. The number of carbonyl (C=O) groups is 1. The molecule has 1 unspecified atom stereocenters. The summed E-state index contributed by atoms with van der Waals surface area (Å²) in [7, 11) is 1.62. The lowest BCUT2D eigenvalue weighted by molar-refractivity contribution is -0.138. The van der Waals surface area contributed by atoms with E-state index in [4.69, 9.17) is 4.74 Å². The maximum atomic E-state index is 11.4. The molecule has 0 saturated carbocycles. The molecule has 0 aromatic carbocycles. The summed E-state index contributed by atoms with van der Waals surface area (Å²) in [5.41, 5.74) is 0.584. The van der Waals surface area contributed by atoms with Crippen LogP contribution >= 0.6 is 0 Å². The van der Waals surface area contributed by atoms with Gasteiger partial charge in [0.05, 0.1) is 12.3 Å². The Balaban J connectivity index is 2.42. The second kappa shape index (κ2) is 5.97. The number of aliphatic carboxylic acids is 1. The van der Waals surface area contributed by atoms with E-state index < -0.39 is 12.0 Å². The van der Waals surface area contributed by atoms with Crippen LogP contribution in [0.1, 0.15) is 45.1 Å². The molecule has 2 heterocycles. The smallest absolute Gasteiger partial charge is 0.326 e. The molecule has 116 valence electrons.